The predicted octanol–water partition coefficient (Wildman–Crippen LogP) is 0.893. The molecule has 0 saturated carbocycles. The van der Waals surface area contributed by atoms with E-state index < -0.39 is 0 Å². The number of amides is 1. The molecule has 0 aliphatic rings. The number of carbonyl (C=O) groups excluding carboxylic acids is 1. The minimum absolute atomic E-state index is 0.182. The van der Waals surface area contributed by atoms with E-state index in [1.54, 1.807) is 6.20 Å². The van der Waals surface area contributed by atoms with Crippen LogP contribution in [0.25, 0.3) is 0 Å². The first-order valence-electron chi connectivity index (χ1n) is 6.09. The van der Waals surface area contributed by atoms with Crippen molar-refractivity contribution >= 4 is 5.91 Å². The van der Waals surface area contributed by atoms with E-state index in [1.807, 2.05) is 20.0 Å². The minimum Gasteiger partial charge on any atom is -0.368 e. The van der Waals surface area contributed by atoms with Crippen LogP contribution in [-0.4, -0.2) is 21.5 Å². The first kappa shape index (κ1) is 13.7. The molecule has 5 nitrogen and oxygen atoms in total. The third kappa shape index (κ3) is 3.85. The van der Waals surface area contributed by atoms with Crippen molar-refractivity contribution in [3.63, 3.8) is 0 Å². The molecule has 3 N–H and O–H groups in total. The lowest BCUT2D eigenvalue weighted by Gasteiger charge is -2.19. The van der Waals surface area contributed by atoms with E-state index in [-0.39, 0.29) is 17.9 Å². The molecule has 1 rings (SSSR count). The van der Waals surface area contributed by atoms with Crippen LogP contribution in [0.3, 0.4) is 0 Å². The number of aromatic nitrogens is 2. The Morgan fingerprint density at radius 1 is 1.59 bits per heavy atom. The van der Waals surface area contributed by atoms with E-state index in [9.17, 15) is 4.79 Å². The molecule has 0 fully saturated rings. The monoisotopic (exact) mass is 238 g/mol. The highest BCUT2D eigenvalue weighted by Crippen LogP contribution is 2.04. The summed E-state index contributed by atoms with van der Waals surface area (Å²) in [6, 6.07) is -0.304. The molecule has 1 atom stereocenters. The Morgan fingerprint density at radius 3 is 2.82 bits per heavy atom. The molecular weight excluding hydrogens is 216 g/mol. The van der Waals surface area contributed by atoms with Crippen LogP contribution in [0, 0.1) is 5.92 Å². The van der Waals surface area contributed by atoms with Gasteiger partial charge in [-0.25, -0.2) is 4.98 Å². The van der Waals surface area contributed by atoms with Crippen molar-refractivity contribution in [1.29, 1.82) is 0 Å². The fourth-order valence-electron chi connectivity index (χ4n) is 1.82. The van der Waals surface area contributed by atoms with E-state index >= 15 is 0 Å². The Balaban J connectivity index is 2.59. The fraction of sp³-hybridized carbons (Fsp3) is 0.667. The number of carbonyl (C=O) groups is 1. The van der Waals surface area contributed by atoms with Crippen molar-refractivity contribution in [2.75, 3.05) is 0 Å². The average Bonchev–Trinajstić information content (AvgIpc) is 2.65. The summed E-state index contributed by atoms with van der Waals surface area (Å²) in [5, 5.41) is 3.16. The summed E-state index contributed by atoms with van der Waals surface area (Å²) in [5.74, 6) is 0.814. The largest absolute Gasteiger partial charge is 0.368 e. The standard InChI is InChI=1S/C12H22N4O/c1-4-6-16-7-5-14-10(16)8-15-11(9(2)3)12(13)17/h5,7,9,11,15H,4,6,8H2,1-3H3,(H2,13,17). The second-order valence-electron chi connectivity index (χ2n) is 4.54. The van der Waals surface area contributed by atoms with E-state index in [0.29, 0.717) is 6.54 Å². The molecule has 0 spiro atoms. The summed E-state index contributed by atoms with van der Waals surface area (Å²) in [6.45, 7) is 7.58. The van der Waals surface area contributed by atoms with Crippen LogP contribution in [0.15, 0.2) is 12.4 Å². The van der Waals surface area contributed by atoms with Gasteiger partial charge in [0.25, 0.3) is 0 Å². The first-order chi connectivity index (χ1) is 8.06. The minimum atomic E-state index is -0.311. The van der Waals surface area contributed by atoms with Gasteiger partial charge >= 0.3 is 0 Å². The zero-order valence-electron chi connectivity index (χ0n) is 10.8. The number of rotatable bonds is 7. The van der Waals surface area contributed by atoms with Crippen molar-refractivity contribution in [3.05, 3.63) is 18.2 Å². The molecule has 96 valence electrons. The third-order valence-electron chi connectivity index (χ3n) is 2.72. The summed E-state index contributed by atoms with van der Waals surface area (Å²) in [7, 11) is 0. The van der Waals surface area contributed by atoms with E-state index in [4.69, 9.17) is 5.73 Å². The SMILES string of the molecule is CCCn1ccnc1CNC(C(N)=O)C(C)C. The Labute approximate surface area is 102 Å². The lowest BCUT2D eigenvalue weighted by molar-refractivity contribution is -0.121. The summed E-state index contributed by atoms with van der Waals surface area (Å²) in [5.41, 5.74) is 5.35. The summed E-state index contributed by atoms with van der Waals surface area (Å²) >= 11 is 0. The molecule has 1 unspecified atom stereocenters. The van der Waals surface area contributed by atoms with Gasteiger partial charge in [-0.1, -0.05) is 20.8 Å². The molecule has 0 radical (unpaired) electrons. The van der Waals surface area contributed by atoms with Gasteiger partial charge in [-0.05, 0) is 12.3 Å². The van der Waals surface area contributed by atoms with Gasteiger partial charge in [0.2, 0.25) is 5.91 Å². The number of nitrogens with two attached hydrogens (primary N) is 1. The number of hydrogen-bond acceptors (Lipinski definition) is 3. The van der Waals surface area contributed by atoms with Crippen LogP contribution >= 0.6 is 0 Å². The second kappa shape index (κ2) is 6.39. The maximum atomic E-state index is 11.2. The van der Waals surface area contributed by atoms with Crippen LogP contribution < -0.4 is 11.1 Å². The molecule has 1 amide bonds. The van der Waals surface area contributed by atoms with Gasteiger partial charge in [-0.2, -0.15) is 0 Å². The van der Waals surface area contributed by atoms with Gasteiger partial charge in [-0.15, -0.1) is 0 Å². The Morgan fingerprint density at radius 2 is 2.29 bits per heavy atom. The predicted molar refractivity (Wildman–Crippen MR) is 67.2 cm³/mol. The number of imidazole rings is 1. The van der Waals surface area contributed by atoms with Crippen LogP contribution in [0.1, 0.15) is 33.0 Å². The average molecular weight is 238 g/mol. The van der Waals surface area contributed by atoms with Crippen LogP contribution in [0.4, 0.5) is 0 Å². The van der Waals surface area contributed by atoms with Crippen molar-refractivity contribution in [2.45, 2.75) is 46.3 Å². The highest BCUT2D eigenvalue weighted by molar-refractivity contribution is 5.80. The fourth-order valence-corrected chi connectivity index (χ4v) is 1.82. The molecule has 1 heterocycles. The maximum Gasteiger partial charge on any atom is 0.234 e. The highest BCUT2D eigenvalue weighted by atomic mass is 16.1. The topological polar surface area (TPSA) is 72.9 Å². The van der Waals surface area contributed by atoms with E-state index in [0.717, 1.165) is 18.8 Å². The van der Waals surface area contributed by atoms with Crippen LogP contribution in [0.5, 0.6) is 0 Å². The second-order valence-corrected chi connectivity index (χ2v) is 4.54. The number of hydrogen-bond donors (Lipinski definition) is 2. The molecule has 0 aromatic carbocycles. The summed E-state index contributed by atoms with van der Waals surface area (Å²) in [4.78, 5) is 15.5. The van der Waals surface area contributed by atoms with Gasteiger partial charge in [0.15, 0.2) is 0 Å². The molecule has 0 saturated heterocycles. The number of aryl methyl sites for hydroxylation is 1. The first-order valence-corrected chi connectivity index (χ1v) is 6.09. The lowest BCUT2D eigenvalue weighted by atomic mass is 10.0. The van der Waals surface area contributed by atoms with Crippen molar-refractivity contribution in [3.8, 4) is 0 Å². The highest BCUT2D eigenvalue weighted by Gasteiger charge is 2.19. The Bertz CT molecular complexity index is 359. The zero-order valence-corrected chi connectivity index (χ0v) is 10.8. The molecule has 0 aliphatic carbocycles. The Hall–Kier alpha value is -1.36. The smallest absolute Gasteiger partial charge is 0.234 e. The maximum absolute atomic E-state index is 11.2. The van der Waals surface area contributed by atoms with Crippen molar-refractivity contribution in [1.82, 2.24) is 14.9 Å². The molecule has 1 aromatic heterocycles. The van der Waals surface area contributed by atoms with Gasteiger partial charge in [0, 0.05) is 18.9 Å². The Kier molecular flexibility index (Phi) is 5.15. The summed E-state index contributed by atoms with van der Waals surface area (Å²) in [6.07, 6.45) is 4.79. The molecule has 0 aliphatic heterocycles. The van der Waals surface area contributed by atoms with E-state index in [1.165, 1.54) is 0 Å². The van der Waals surface area contributed by atoms with Crippen molar-refractivity contribution in [2.24, 2.45) is 11.7 Å². The lowest BCUT2D eigenvalue weighted by Crippen LogP contribution is -2.44. The number of nitrogens with zero attached hydrogens (tertiary/aromatic N) is 2. The quantitative estimate of drug-likeness (QED) is 0.741. The van der Waals surface area contributed by atoms with Gasteiger partial charge in [-0.3, -0.25) is 10.1 Å². The van der Waals surface area contributed by atoms with Gasteiger partial charge in [0.1, 0.15) is 5.82 Å². The van der Waals surface area contributed by atoms with E-state index in [2.05, 4.69) is 21.8 Å². The van der Waals surface area contributed by atoms with Crippen LogP contribution in [0.2, 0.25) is 0 Å². The molecule has 1 aromatic rings. The molecule has 0 bridgehead atoms. The summed E-state index contributed by atoms with van der Waals surface area (Å²) < 4.78 is 2.09. The zero-order chi connectivity index (χ0) is 12.8. The number of primary amides is 1. The van der Waals surface area contributed by atoms with Crippen molar-refractivity contribution < 1.29 is 4.79 Å². The van der Waals surface area contributed by atoms with Gasteiger partial charge < -0.3 is 10.3 Å². The van der Waals surface area contributed by atoms with Crippen LogP contribution in [-0.2, 0) is 17.9 Å². The molecule has 5 heteroatoms. The molecule has 17 heavy (non-hydrogen) atoms. The third-order valence-corrected chi connectivity index (χ3v) is 2.72. The normalized spacial score (nSPS) is 12.9. The number of nitrogens with one attached hydrogen (secondary N) is 1. The van der Waals surface area contributed by atoms with Gasteiger partial charge in [0.05, 0.1) is 12.6 Å². The molecular formula is C12H22N4O.